The normalized spacial score (nSPS) is 23.3. The Balaban J connectivity index is 1.46. The number of urea groups is 1. The van der Waals surface area contributed by atoms with Crippen LogP contribution < -0.4 is 15.5 Å². The summed E-state index contributed by atoms with van der Waals surface area (Å²) in [6, 6.07) is 8.28. The lowest BCUT2D eigenvalue weighted by Gasteiger charge is -2.24. The van der Waals surface area contributed by atoms with Gasteiger partial charge in [-0.25, -0.2) is 4.79 Å². The molecule has 1 aromatic carbocycles. The van der Waals surface area contributed by atoms with Crippen LogP contribution >= 0.6 is 0 Å². The highest BCUT2D eigenvalue weighted by atomic mass is 16.3. The maximum atomic E-state index is 12.2. The molecule has 3 rings (SSSR count). The predicted octanol–water partition coefficient (Wildman–Crippen LogP) is 2.80. The third-order valence-corrected chi connectivity index (χ3v) is 5.28. The highest BCUT2D eigenvalue weighted by Crippen LogP contribution is 2.23. The molecule has 1 fully saturated rings. The second-order valence-corrected chi connectivity index (χ2v) is 7.06. The third kappa shape index (κ3) is 4.98. The molecule has 0 aromatic heterocycles. The van der Waals surface area contributed by atoms with E-state index in [0.717, 1.165) is 44.3 Å². The number of carbonyl (C=O) groups excluding carboxylic acids is 1. The van der Waals surface area contributed by atoms with Crippen molar-refractivity contribution in [1.82, 2.24) is 10.6 Å². The fourth-order valence-corrected chi connectivity index (χ4v) is 3.71. The number of amides is 2. The van der Waals surface area contributed by atoms with Gasteiger partial charge in [0.15, 0.2) is 0 Å². The zero-order chi connectivity index (χ0) is 17.5. The highest BCUT2D eigenvalue weighted by Gasteiger charge is 2.24. The second-order valence-electron chi connectivity index (χ2n) is 7.06. The van der Waals surface area contributed by atoms with Gasteiger partial charge in [0, 0.05) is 43.9 Å². The molecule has 2 amide bonds. The van der Waals surface area contributed by atoms with Gasteiger partial charge in [0.05, 0.1) is 0 Å². The zero-order valence-corrected chi connectivity index (χ0v) is 14.8. The number of hydrogen-bond acceptors (Lipinski definition) is 3. The second kappa shape index (κ2) is 8.90. The number of benzene rings is 1. The predicted molar refractivity (Wildman–Crippen MR) is 101 cm³/mol. The van der Waals surface area contributed by atoms with Crippen molar-refractivity contribution in [2.75, 3.05) is 24.6 Å². The van der Waals surface area contributed by atoms with Gasteiger partial charge in [-0.15, -0.1) is 0 Å². The van der Waals surface area contributed by atoms with E-state index >= 15 is 0 Å². The van der Waals surface area contributed by atoms with Gasteiger partial charge in [-0.3, -0.25) is 0 Å². The molecular formula is C20H29N3O2. The number of rotatable bonds is 5. The molecule has 3 N–H and O–H groups in total. The first kappa shape index (κ1) is 17.8. The van der Waals surface area contributed by atoms with E-state index in [1.807, 2.05) is 0 Å². The van der Waals surface area contributed by atoms with Crippen molar-refractivity contribution >= 4 is 11.7 Å². The minimum atomic E-state index is -0.141. The quantitative estimate of drug-likeness (QED) is 0.569. The summed E-state index contributed by atoms with van der Waals surface area (Å²) in [5.74, 6) is 0.182. The molecule has 2 aliphatic rings. The van der Waals surface area contributed by atoms with Crippen molar-refractivity contribution in [3.05, 3.63) is 42.0 Å². The van der Waals surface area contributed by atoms with Gasteiger partial charge < -0.3 is 20.6 Å². The average molecular weight is 343 g/mol. The number of nitrogens with one attached hydrogen (secondary N) is 2. The van der Waals surface area contributed by atoms with E-state index in [4.69, 9.17) is 0 Å². The largest absolute Gasteiger partial charge is 0.396 e. The van der Waals surface area contributed by atoms with E-state index in [1.165, 1.54) is 12.1 Å². The number of aliphatic hydroxyl groups is 1. The minimum absolute atomic E-state index is 0.0811. The summed E-state index contributed by atoms with van der Waals surface area (Å²) < 4.78 is 0. The summed E-state index contributed by atoms with van der Waals surface area (Å²) in [7, 11) is 0. The summed E-state index contributed by atoms with van der Waals surface area (Å²) in [4.78, 5) is 14.5. The van der Waals surface area contributed by atoms with Gasteiger partial charge in [-0.05, 0) is 30.5 Å². The fourth-order valence-electron chi connectivity index (χ4n) is 3.71. The zero-order valence-electron chi connectivity index (χ0n) is 14.8. The van der Waals surface area contributed by atoms with Crippen molar-refractivity contribution in [2.24, 2.45) is 5.92 Å². The Hall–Kier alpha value is -2.01. The summed E-state index contributed by atoms with van der Waals surface area (Å²) in [6.45, 7) is 2.60. The molecule has 0 bridgehead atoms. The lowest BCUT2D eigenvalue weighted by molar-refractivity contribution is 0.179. The topological polar surface area (TPSA) is 64.6 Å². The molecule has 5 heteroatoms. The number of nitrogens with zero attached hydrogens (tertiary/aromatic N) is 1. The first-order valence-corrected chi connectivity index (χ1v) is 9.40. The summed E-state index contributed by atoms with van der Waals surface area (Å²) in [5.41, 5.74) is 2.30. The summed E-state index contributed by atoms with van der Waals surface area (Å²) >= 11 is 0. The molecule has 1 aliphatic carbocycles. The molecule has 1 saturated carbocycles. The molecule has 1 heterocycles. The van der Waals surface area contributed by atoms with Crippen LogP contribution in [0.2, 0.25) is 0 Å². The van der Waals surface area contributed by atoms with E-state index < -0.39 is 0 Å². The Kier molecular flexibility index (Phi) is 6.34. The van der Waals surface area contributed by atoms with Crippen LogP contribution in [-0.4, -0.2) is 36.9 Å². The van der Waals surface area contributed by atoms with Gasteiger partial charge in [0.25, 0.3) is 0 Å². The summed E-state index contributed by atoms with van der Waals surface area (Å²) in [6.07, 6.45) is 9.75. The van der Waals surface area contributed by atoms with E-state index in [-0.39, 0.29) is 24.6 Å². The minimum Gasteiger partial charge on any atom is -0.396 e. The first-order chi connectivity index (χ1) is 12.3. The van der Waals surface area contributed by atoms with Gasteiger partial charge in [0.1, 0.15) is 0 Å². The maximum absolute atomic E-state index is 12.2. The third-order valence-electron chi connectivity index (χ3n) is 5.28. The van der Waals surface area contributed by atoms with E-state index in [1.54, 1.807) is 0 Å². The Bertz CT molecular complexity index is 577. The number of hydrogen-bond donors (Lipinski definition) is 3. The number of aliphatic hydroxyl groups excluding tert-OH is 1. The van der Waals surface area contributed by atoms with E-state index in [0.29, 0.717) is 6.54 Å². The molecule has 2 unspecified atom stereocenters. The molecule has 1 aromatic rings. The maximum Gasteiger partial charge on any atom is 0.315 e. The van der Waals surface area contributed by atoms with Crippen LogP contribution in [0.4, 0.5) is 10.5 Å². The van der Waals surface area contributed by atoms with Crippen molar-refractivity contribution in [3.63, 3.8) is 0 Å². The van der Waals surface area contributed by atoms with Crippen LogP contribution in [-0.2, 0) is 6.54 Å². The van der Waals surface area contributed by atoms with Crippen molar-refractivity contribution in [1.29, 1.82) is 0 Å². The lowest BCUT2D eigenvalue weighted by Crippen LogP contribution is -2.45. The van der Waals surface area contributed by atoms with Crippen LogP contribution in [0.15, 0.2) is 36.4 Å². The van der Waals surface area contributed by atoms with Crippen LogP contribution in [0.3, 0.4) is 0 Å². The fraction of sp³-hybridized carbons (Fsp3) is 0.550. The van der Waals surface area contributed by atoms with Crippen LogP contribution in [0.25, 0.3) is 0 Å². The Morgan fingerprint density at radius 1 is 1.08 bits per heavy atom. The molecule has 25 heavy (non-hydrogen) atoms. The molecule has 0 spiro atoms. The molecule has 5 nitrogen and oxygen atoms in total. The Morgan fingerprint density at radius 2 is 1.80 bits per heavy atom. The molecule has 1 aliphatic heterocycles. The van der Waals surface area contributed by atoms with Crippen molar-refractivity contribution < 1.29 is 9.90 Å². The molecule has 0 radical (unpaired) electrons. The van der Waals surface area contributed by atoms with Gasteiger partial charge >= 0.3 is 6.03 Å². The average Bonchev–Trinajstić information content (AvgIpc) is 3.08. The molecule has 136 valence electrons. The summed E-state index contributed by atoms with van der Waals surface area (Å²) in [5, 5.41) is 15.5. The standard InChI is InChI=1S/C20H29N3O2/c24-15-17-6-2-1-3-7-19(17)22-20(25)21-14-16-8-10-18(11-9-16)23-12-4-5-13-23/h4-5,8-11,17,19,24H,1-3,6-7,12-15H2,(H2,21,22,25). The van der Waals surface area contributed by atoms with Crippen molar-refractivity contribution in [2.45, 2.75) is 44.7 Å². The number of carbonyl (C=O) groups is 1. The lowest BCUT2D eigenvalue weighted by atomic mass is 9.96. The van der Waals surface area contributed by atoms with E-state index in [9.17, 15) is 9.90 Å². The van der Waals surface area contributed by atoms with Gasteiger partial charge in [-0.1, -0.05) is 43.5 Å². The highest BCUT2D eigenvalue weighted by molar-refractivity contribution is 5.74. The van der Waals surface area contributed by atoms with Crippen LogP contribution in [0.5, 0.6) is 0 Å². The molecule has 0 saturated heterocycles. The van der Waals surface area contributed by atoms with Gasteiger partial charge in [0.2, 0.25) is 0 Å². The smallest absolute Gasteiger partial charge is 0.315 e. The Labute approximate surface area is 150 Å². The molecule has 2 atom stereocenters. The van der Waals surface area contributed by atoms with E-state index in [2.05, 4.69) is 52.0 Å². The SMILES string of the molecule is O=C(NCc1ccc(N2CC=CC2)cc1)NC1CCCCCC1CO. The van der Waals surface area contributed by atoms with Crippen LogP contribution in [0, 0.1) is 5.92 Å². The first-order valence-electron chi connectivity index (χ1n) is 9.40. The number of anilines is 1. The van der Waals surface area contributed by atoms with Crippen LogP contribution in [0.1, 0.15) is 37.7 Å². The van der Waals surface area contributed by atoms with Gasteiger partial charge in [-0.2, -0.15) is 0 Å². The molecular weight excluding hydrogens is 314 g/mol. The Morgan fingerprint density at radius 3 is 2.52 bits per heavy atom. The monoisotopic (exact) mass is 343 g/mol. The van der Waals surface area contributed by atoms with Crippen molar-refractivity contribution in [3.8, 4) is 0 Å².